The number of hydrogen-bond donors (Lipinski definition) is 2. The first-order chi connectivity index (χ1) is 10.2. The van der Waals surface area contributed by atoms with Crippen LogP contribution in [-0.4, -0.2) is 25.7 Å². The molecule has 0 fully saturated rings. The van der Waals surface area contributed by atoms with Crippen molar-refractivity contribution in [3.8, 4) is 6.07 Å². The molecule has 0 aliphatic rings. The van der Waals surface area contributed by atoms with Crippen molar-refractivity contribution >= 4 is 22.9 Å². The predicted octanol–water partition coefficient (Wildman–Crippen LogP) is 1.82. The zero-order valence-corrected chi connectivity index (χ0v) is 11.8. The van der Waals surface area contributed by atoms with E-state index in [2.05, 4.69) is 26.0 Å². The summed E-state index contributed by atoms with van der Waals surface area (Å²) < 4.78 is 0. The van der Waals surface area contributed by atoms with E-state index in [9.17, 15) is 5.26 Å². The lowest BCUT2D eigenvalue weighted by Gasteiger charge is -2.21. The van der Waals surface area contributed by atoms with E-state index in [1.165, 1.54) is 18.1 Å². The van der Waals surface area contributed by atoms with Gasteiger partial charge in [-0.3, -0.25) is 0 Å². The van der Waals surface area contributed by atoms with Crippen molar-refractivity contribution in [2.24, 2.45) is 5.73 Å². The van der Waals surface area contributed by atoms with Gasteiger partial charge in [-0.05, 0) is 5.56 Å². The number of thioether (sulfide) groups is 1. The van der Waals surface area contributed by atoms with Crippen LogP contribution in [0.4, 0.5) is 0 Å². The summed E-state index contributed by atoms with van der Waals surface area (Å²) in [5, 5.41) is 10.2. The lowest BCUT2D eigenvalue weighted by atomic mass is 9.95. The number of nitrogens with two attached hydrogens (primary N) is 1. The molecule has 2 aromatic heterocycles. The van der Waals surface area contributed by atoms with E-state index in [1.54, 1.807) is 6.33 Å². The third-order valence-electron chi connectivity index (χ3n) is 3.11. The molecule has 0 aliphatic heterocycles. The number of benzene rings is 1. The summed E-state index contributed by atoms with van der Waals surface area (Å²) in [4.78, 5) is 15.4. The van der Waals surface area contributed by atoms with Crippen LogP contribution in [0.25, 0.3) is 11.2 Å². The average Bonchev–Trinajstić information content (AvgIpc) is 3.02. The van der Waals surface area contributed by atoms with Crippen LogP contribution in [0.2, 0.25) is 0 Å². The van der Waals surface area contributed by atoms with Gasteiger partial charge >= 0.3 is 0 Å². The molecule has 2 heterocycles. The highest BCUT2D eigenvalue weighted by Crippen LogP contribution is 2.29. The first-order valence-electron chi connectivity index (χ1n) is 6.25. The molecule has 104 valence electrons. The van der Waals surface area contributed by atoms with Crippen molar-refractivity contribution < 1.29 is 0 Å². The summed E-state index contributed by atoms with van der Waals surface area (Å²) in [5.41, 5.74) is 7.32. The van der Waals surface area contributed by atoms with Crippen LogP contribution < -0.4 is 5.73 Å². The number of imidazole rings is 1. The second-order valence-corrected chi connectivity index (χ2v) is 5.48. The average molecular weight is 296 g/mol. The summed E-state index contributed by atoms with van der Waals surface area (Å²) >= 11 is 1.41. The molecule has 0 bridgehead atoms. The monoisotopic (exact) mass is 296 g/mol. The highest BCUT2D eigenvalue weighted by Gasteiger charge is 2.28. The number of aromatic amines is 1. The molecular formula is C14H12N6S. The van der Waals surface area contributed by atoms with E-state index in [4.69, 9.17) is 5.73 Å². The molecule has 0 saturated heterocycles. The molecule has 7 heteroatoms. The molecule has 0 aliphatic carbocycles. The van der Waals surface area contributed by atoms with Gasteiger partial charge < -0.3 is 10.7 Å². The quantitative estimate of drug-likeness (QED) is 0.562. The van der Waals surface area contributed by atoms with Crippen LogP contribution in [0.3, 0.4) is 0 Å². The lowest BCUT2D eigenvalue weighted by molar-refractivity contribution is 0.658. The molecule has 3 rings (SSSR count). The van der Waals surface area contributed by atoms with Crippen LogP contribution in [-0.2, 0) is 5.54 Å². The minimum Gasteiger partial charge on any atom is -0.341 e. The van der Waals surface area contributed by atoms with E-state index >= 15 is 0 Å². The second-order valence-electron chi connectivity index (χ2n) is 4.52. The predicted molar refractivity (Wildman–Crippen MR) is 80.3 cm³/mol. The number of nitriles is 1. The Morgan fingerprint density at radius 1 is 1.24 bits per heavy atom. The van der Waals surface area contributed by atoms with Gasteiger partial charge in [-0.25, -0.2) is 15.0 Å². The fraction of sp³-hybridized carbons (Fsp3) is 0.143. The Bertz CT molecular complexity index is 794. The van der Waals surface area contributed by atoms with Crippen LogP contribution in [0, 0.1) is 11.3 Å². The highest BCUT2D eigenvalue weighted by molar-refractivity contribution is 7.99. The summed E-state index contributed by atoms with van der Waals surface area (Å²) in [6.07, 6.45) is 3.03. The van der Waals surface area contributed by atoms with Crippen molar-refractivity contribution in [3.63, 3.8) is 0 Å². The second kappa shape index (κ2) is 5.52. The maximum Gasteiger partial charge on any atom is 0.181 e. The molecule has 1 unspecified atom stereocenters. The Hall–Kier alpha value is -2.43. The molecular weight excluding hydrogens is 284 g/mol. The fourth-order valence-electron chi connectivity index (χ4n) is 1.95. The maximum atomic E-state index is 9.45. The van der Waals surface area contributed by atoms with E-state index in [0.29, 0.717) is 11.4 Å². The smallest absolute Gasteiger partial charge is 0.181 e. The number of nitrogens with one attached hydrogen (secondary N) is 1. The van der Waals surface area contributed by atoms with Crippen molar-refractivity contribution in [2.45, 2.75) is 10.6 Å². The third kappa shape index (κ3) is 2.59. The molecule has 0 spiro atoms. The van der Waals surface area contributed by atoms with Crippen molar-refractivity contribution in [1.82, 2.24) is 19.9 Å². The fourth-order valence-corrected chi connectivity index (χ4v) is 2.96. The Kier molecular flexibility index (Phi) is 3.56. The van der Waals surface area contributed by atoms with Gasteiger partial charge in [0.1, 0.15) is 22.4 Å². The van der Waals surface area contributed by atoms with Crippen LogP contribution in [0.5, 0.6) is 0 Å². The topological polar surface area (TPSA) is 104 Å². The van der Waals surface area contributed by atoms with Crippen LogP contribution in [0.15, 0.2) is 48.0 Å². The number of rotatable bonds is 4. The SMILES string of the molecule is N#CC(N)(CSc1ncnc2nc[nH]c12)c1ccccc1. The Morgan fingerprint density at radius 3 is 2.81 bits per heavy atom. The van der Waals surface area contributed by atoms with Gasteiger partial charge in [-0.2, -0.15) is 5.26 Å². The van der Waals surface area contributed by atoms with Gasteiger partial charge in [0, 0.05) is 5.75 Å². The Balaban J connectivity index is 1.86. The molecule has 0 saturated carbocycles. The minimum atomic E-state index is -1.07. The standard InChI is InChI=1S/C14H12N6S/c15-6-14(16,10-4-2-1-3-5-10)7-21-13-11-12(18-8-17-11)19-9-20-13/h1-5,8-9H,7,16H2,(H,17,18,19,20). The van der Waals surface area contributed by atoms with Gasteiger partial charge in [0.15, 0.2) is 5.65 Å². The number of H-pyrrole nitrogens is 1. The van der Waals surface area contributed by atoms with E-state index < -0.39 is 5.54 Å². The zero-order valence-electron chi connectivity index (χ0n) is 11.0. The normalized spacial score (nSPS) is 13.7. The van der Waals surface area contributed by atoms with E-state index in [1.807, 2.05) is 30.3 Å². The zero-order chi connectivity index (χ0) is 14.7. The Morgan fingerprint density at radius 2 is 2.05 bits per heavy atom. The van der Waals surface area contributed by atoms with Gasteiger partial charge in [0.25, 0.3) is 0 Å². The molecule has 21 heavy (non-hydrogen) atoms. The molecule has 1 atom stereocenters. The largest absolute Gasteiger partial charge is 0.341 e. The van der Waals surface area contributed by atoms with Gasteiger partial charge in [-0.1, -0.05) is 30.3 Å². The number of hydrogen-bond acceptors (Lipinski definition) is 6. The minimum absolute atomic E-state index is 0.388. The Labute approximate surface area is 125 Å². The number of nitrogens with zero attached hydrogens (tertiary/aromatic N) is 4. The molecule has 6 nitrogen and oxygen atoms in total. The first kappa shape index (κ1) is 13.5. The first-order valence-corrected chi connectivity index (χ1v) is 7.24. The number of aromatic nitrogens is 4. The molecule has 1 aromatic carbocycles. The van der Waals surface area contributed by atoms with Crippen LogP contribution in [0.1, 0.15) is 5.56 Å². The van der Waals surface area contributed by atoms with Crippen molar-refractivity contribution in [1.29, 1.82) is 5.26 Å². The summed E-state index contributed by atoms with van der Waals surface area (Å²) in [6, 6.07) is 11.5. The van der Waals surface area contributed by atoms with Crippen molar-refractivity contribution in [2.75, 3.05) is 5.75 Å². The van der Waals surface area contributed by atoms with Gasteiger partial charge in [0.2, 0.25) is 0 Å². The highest BCUT2D eigenvalue weighted by atomic mass is 32.2. The summed E-state index contributed by atoms with van der Waals surface area (Å²) in [6.45, 7) is 0. The molecule has 3 N–H and O–H groups in total. The van der Waals surface area contributed by atoms with E-state index in [0.717, 1.165) is 16.1 Å². The van der Waals surface area contributed by atoms with Crippen LogP contribution >= 0.6 is 11.8 Å². The number of fused-ring (bicyclic) bond motifs is 1. The molecule has 0 radical (unpaired) electrons. The summed E-state index contributed by atoms with van der Waals surface area (Å²) in [5.74, 6) is 0.388. The van der Waals surface area contributed by atoms with E-state index in [-0.39, 0.29) is 0 Å². The third-order valence-corrected chi connectivity index (χ3v) is 4.30. The van der Waals surface area contributed by atoms with Gasteiger partial charge in [0.05, 0.1) is 12.4 Å². The molecule has 0 amide bonds. The lowest BCUT2D eigenvalue weighted by Crippen LogP contribution is -2.37. The summed E-state index contributed by atoms with van der Waals surface area (Å²) in [7, 11) is 0. The van der Waals surface area contributed by atoms with Crippen molar-refractivity contribution in [3.05, 3.63) is 48.5 Å². The maximum absolute atomic E-state index is 9.45. The molecule has 3 aromatic rings. The van der Waals surface area contributed by atoms with Gasteiger partial charge in [-0.15, -0.1) is 11.8 Å².